The lowest BCUT2D eigenvalue weighted by Gasteiger charge is -2.24. The van der Waals surface area contributed by atoms with Crippen LogP contribution in [0, 0.1) is 0 Å². The van der Waals surface area contributed by atoms with Crippen molar-refractivity contribution in [1.82, 2.24) is 29.6 Å². The van der Waals surface area contributed by atoms with Gasteiger partial charge in [-0.25, -0.2) is 22.6 Å². The molecule has 0 saturated heterocycles. The van der Waals surface area contributed by atoms with Crippen molar-refractivity contribution in [3.05, 3.63) is 17.6 Å². The van der Waals surface area contributed by atoms with E-state index in [4.69, 9.17) is 4.74 Å². The summed E-state index contributed by atoms with van der Waals surface area (Å²) in [4.78, 5) is 12.5. The standard InChI is InChI=1S/C19H31N7O4S/c1-7-25-17(12(4)5)16(15(23-25)11(2)3)22-19(27)24-31(28,29)14-8-21-26-9-13(20-6)10-30-18(14)26/h8,11-13,20H,7,9-10H2,1-6H3,(H2,22,24,27). The average molecular weight is 454 g/mol. The molecular weight excluding hydrogens is 422 g/mol. The van der Waals surface area contributed by atoms with Crippen LogP contribution in [0.3, 0.4) is 0 Å². The quantitative estimate of drug-likeness (QED) is 0.583. The van der Waals surface area contributed by atoms with Gasteiger partial charge in [0, 0.05) is 6.54 Å². The Labute approximate surface area is 182 Å². The Morgan fingerprint density at radius 3 is 2.58 bits per heavy atom. The van der Waals surface area contributed by atoms with Gasteiger partial charge in [-0.2, -0.15) is 10.2 Å². The van der Waals surface area contributed by atoms with Gasteiger partial charge in [-0.1, -0.05) is 27.7 Å². The van der Waals surface area contributed by atoms with E-state index in [0.29, 0.717) is 31.1 Å². The lowest BCUT2D eigenvalue weighted by molar-refractivity contribution is 0.184. The molecule has 172 valence electrons. The molecule has 0 fully saturated rings. The third kappa shape index (κ3) is 4.54. The van der Waals surface area contributed by atoms with Gasteiger partial charge in [-0.15, -0.1) is 0 Å². The molecule has 3 N–H and O–H groups in total. The number of anilines is 1. The van der Waals surface area contributed by atoms with Crippen LogP contribution in [0.2, 0.25) is 0 Å². The largest absolute Gasteiger partial charge is 0.475 e. The molecule has 1 aliphatic rings. The zero-order valence-electron chi connectivity index (χ0n) is 18.8. The van der Waals surface area contributed by atoms with Crippen molar-refractivity contribution < 1.29 is 17.9 Å². The SMILES string of the molecule is CCn1nc(C(C)C)c(NC(=O)NS(=O)(=O)c2cnn3c2OCC(NC)C3)c1C(C)C. The van der Waals surface area contributed by atoms with E-state index in [1.807, 2.05) is 39.3 Å². The van der Waals surface area contributed by atoms with E-state index in [2.05, 4.69) is 25.6 Å². The molecule has 1 unspecified atom stereocenters. The highest BCUT2D eigenvalue weighted by Gasteiger charge is 2.31. The van der Waals surface area contributed by atoms with Crippen molar-refractivity contribution in [2.24, 2.45) is 0 Å². The van der Waals surface area contributed by atoms with Crippen LogP contribution >= 0.6 is 0 Å². The summed E-state index contributed by atoms with van der Waals surface area (Å²) in [6, 6.07) is -0.832. The first-order valence-electron chi connectivity index (χ1n) is 10.4. The minimum atomic E-state index is -4.18. The Bertz CT molecular complexity index is 1060. The van der Waals surface area contributed by atoms with Crippen molar-refractivity contribution in [3.63, 3.8) is 0 Å². The molecular formula is C19H31N7O4S. The Morgan fingerprint density at radius 1 is 1.29 bits per heavy atom. The summed E-state index contributed by atoms with van der Waals surface area (Å²) >= 11 is 0. The minimum Gasteiger partial charge on any atom is -0.475 e. The smallest absolute Gasteiger partial charge is 0.333 e. The molecule has 0 radical (unpaired) electrons. The summed E-state index contributed by atoms with van der Waals surface area (Å²) in [5.41, 5.74) is 2.11. The number of ether oxygens (including phenoxy) is 1. The number of carbonyl (C=O) groups excluding carboxylic acids is 1. The first-order chi connectivity index (χ1) is 14.6. The summed E-state index contributed by atoms with van der Waals surface area (Å²) in [5, 5.41) is 14.5. The van der Waals surface area contributed by atoms with Gasteiger partial charge < -0.3 is 15.4 Å². The van der Waals surface area contributed by atoms with Gasteiger partial charge in [0.15, 0.2) is 4.90 Å². The zero-order valence-corrected chi connectivity index (χ0v) is 19.6. The van der Waals surface area contributed by atoms with Crippen molar-refractivity contribution in [3.8, 4) is 5.88 Å². The van der Waals surface area contributed by atoms with Crippen LogP contribution in [0.25, 0.3) is 0 Å². The third-order valence-corrected chi connectivity index (χ3v) is 6.46. The number of hydrogen-bond acceptors (Lipinski definition) is 7. The maximum Gasteiger partial charge on any atom is 0.333 e. The van der Waals surface area contributed by atoms with Crippen molar-refractivity contribution in [2.45, 2.75) is 70.5 Å². The fourth-order valence-electron chi connectivity index (χ4n) is 3.60. The second-order valence-electron chi connectivity index (χ2n) is 8.12. The molecule has 3 heterocycles. The average Bonchev–Trinajstić information content (AvgIpc) is 3.28. The van der Waals surface area contributed by atoms with Crippen LogP contribution in [0.4, 0.5) is 10.5 Å². The highest BCUT2D eigenvalue weighted by atomic mass is 32.2. The Morgan fingerprint density at radius 2 is 2.00 bits per heavy atom. The van der Waals surface area contributed by atoms with Gasteiger partial charge in [-0.05, 0) is 25.8 Å². The van der Waals surface area contributed by atoms with Gasteiger partial charge in [0.2, 0.25) is 5.88 Å². The lowest BCUT2D eigenvalue weighted by Crippen LogP contribution is -2.40. The highest BCUT2D eigenvalue weighted by Crippen LogP contribution is 2.32. The number of likely N-dealkylation sites (N-methyl/N-ethyl adjacent to an activating group) is 1. The van der Waals surface area contributed by atoms with Crippen LogP contribution in [0.15, 0.2) is 11.1 Å². The number of amides is 2. The van der Waals surface area contributed by atoms with Crippen molar-refractivity contribution in [2.75, 3.05) is 19.0 Å². The monoisotopic (exact) mass is 453 g/mol. The summed E-state index contributed by atoms with van der Waals surface area (Å²) in [6.45, 7) is 11.3. The van der Waals surface area contributed by atoms with E-state index < -0.39 is 16.1 Å². The first-order valence-corrected chi connectivity index (χ1v) is 11.9. The number of nitrogens with zero attached hydrogens (tertiary/aromatic N) is 4. The van der Waals surface area contributed by atoms with Crippen molar-refractivity contribution >= 4 is 21.7 Å². The van der Waals surface area contributed by atoms with Crippen molar-refractivity contribution in [1.29, 1.82) is 0 Å². The maximum absolute atomic E-state index is 12.9. The van der Waals surface area contributed by atoms with E-state index in [-0.39, 0.29) is 28.7 Å². The Kier molecular flexibility index (Phi) is 6.60. The van der Waals surface area contributed by atoms with Crippen LogP contribution in [-0.2, 0) is 23.1 Å². The molecule has 2 aromatic heterocycles. The number of hydrogen-bond donors (Lipinski definition) is 3. The molecule has 2 amide bonds. The fraction of sp³-hybridized carbons (Fsp3) is 0.632. The number of rotatable bonds is 7. The lowest BCUT2D eigenvalue weighted by atomic mass is 10.0. The van der Waals surface area contributed by atoms with Crippen LogP contribution in [0.1, 0.15) is 57.8 Å². The van der Waals surface area contributed by atoms with E-state index in [0.717, 1.165) is 5.69 Å². The van der Waals surface area contributed by atoms with Gasteiger partial charge in [0.25, 0.3) is 10.0 Å². The zero-order chi connectivity index (χ0) is 22.9. The van der Waals surface area contributed by atoms with E-state index in [9.17, 15) is 13.2 Å². The number of aryl methyl sites for hydroxylation is 1. The second-order valence-corrected chi connectivity index (χ2v) is 9.77. The normalized spacial score (nSPS) is 16.3. The summed E-state index contributed by atoms with van der Waals surface area (Å²) in [7, 11) is -2.39. The summed E-state index contributed by atoms with van der Waals surface area (Å²) in [5.74, 6) is 0.257. The maximum atomic E-state index is 12.9. The van der Waals surface area contributed by atoms with Gasteiger partial charge in [-0.3, -0.25) is 4.68 Å². The van der Waals surface area contributed by atoms with E-state index in [1.54, 1.807) is 7.05 Å². The van der Waals surface area contributed by atoms with Crippen LogP contribution in [0.5, 0.6) is 5.88 Å². The number of carbonyl (C=O) groups is 1. The molecule has 0 saturated carbocycles. The number of sulfonamides is 1. The Hall–Kier alpha value is -2.60. The molecule has 0 bridgehead atoms. The third-order valence-electron chi connectivity index (χ3n) is 5.15. The summed E-state index contributed by atoms with van der Waals surface area (Å²) < 4.78 is 36.7. The number of nitrogens with one attached hydrogen (secondary N) is 3. The topological polar surface area (TPSA) is 132 Å². The molecule has 0 aliphatic carbocycles. The molecule has 31 heavy (non-hydrogen) atoms. The molecule has 12 heteroatoms. The molecule has 3 rings (SSSR count). The summed E-state index contributed by atoms with van der Waals surface area (Å²) in [6.07, 6.45) is 1.19. The predicted octanol–water partition coefficient (Wildman–Crippen LogP) is 1.84. The molecule has 2 aromatic rings. The van der Waals surface area contributed by atoms with E-state index in [1.165, 1.54) is 10.9 Å². The van der Waals surface area contributed by atoms with Gasteiger partial charge >= 0.3 is 6.03 Å². The number of urea groups is 1. The first kappa shape index (κ1) is 23.1. The molecule has 1 aliphatic heterocycles. The number of fused-ring (bicyclic) bond motifs is 1. The van der Waals surface area contributed by atoms with Gasteiger partial charge in [0.1, 0.15) is 6.61 Å². The molecule has 0 spiro atoms. The van der Waals surface area contributed by atoms with Crippen LogP contribution in [-0.4, -0.2) is 53.7 Å². The highest BCUT2D eigenvalue weighted by molar-refractivity contribution is 7.90. The molecule has 1 atom stereocenters. The number of aromatic nitrogens is 4. The second kappa shape index (κ2) is 8.87. The molecule has 11 nitrogen and oxygen atoms in total. The van der Waals surface area contributed by atoms with E-state index >= 15 is 0 Å². The van der Waals surface area contributed by atoms with Gasteiger partial charge in [0.05, 0.1) is 35.9 Å². The predicted molar refractivity (Wildman–Crippen MR) is 116 cm³/mol. The fourth-order valence-corrected chi connectivity index (χ4v) is 4.59. The Balaban J connectivity index is 1.85. The van der Waals surface area contributed by atoms with Crippen LogP contribution < -0.4 is 20.1 Å². The molecule has 0 aromatic carbocycles. The minimum absolute atomic E-state index is 0.0261.